The van der Waals surface area contributed by atoms with Crippen molar-refractivity contribution in [2.75, 3.05) is 0 Å². The molecule has 0 amide bonds. The van der Waals surface area contributed by atoms with Crippen molar-refractivity contribution in [3.8, 4) is 0 Å². The summed E-state index contributed by atoms with van der Waals surface area (Å²) in [5.74, 6) is 0.837. The second-order valence-electron chi connectivity index (χ2n) is 7.04. The summed E-state index contributed by atoms with van der Waals surface area (Å²) in [5.41, 5.74) is 0. The van der Waals surface area contributed by atoms with Gasteiger partial charge in [-0.2, -0.15) is 0 Å². The van der Waals surface area contributed by atoms with E-state index < -0.39 is 0 Å². The van der Waals surface area contributed by atoms with Crippen LogP contribution in [0.25, 0.3) is 0 Å². The third kappa shape index (κ3) is 2.91. The van der Waals surface area contributed by atoms with Crippen LogP contribution >= 0.6 is 12.2 Å². The van der Waals surface area contributed by atoms with Gasteiger partial charge in [0.15, 0.2) is 5.11 Å². The van der Waals surface area contributed by atoms with E-state index in [1.165, 1.54) is 32.1 Å². The Labute approximate surface area is 124 Å². The van der Waals surface area contributed by atoms with Gasteiger partial charge in [-0.3, -0.25) is 0 Å². The smallest absolute Gasteiger partial charge is 0.172 e. The predicted molar refractivity (Wildman–Crippen MR) is 86.4 cm³/mol. The molecule has 3 unspecified atom stereocenters. The minimum atomic E-state index is 0.523. The van der Waals surface area contributed by atoms with E-state index in [0.717, 1.165) is 11.0 Å². The maximum atomic E-state index is 5.81. The van der Waals surface area contributed by atoms with Crippen LogP contribution in [0.5, 0.6) is 0 Å². The van der Waals surface area contributed by atoms with Crippen LogP contribution in [0.2, 0.25) is 0 Å². The highest BCUT2D eigenvalue weighted by Crippen LogP contribution is 2.36. The van der Waals surface area contributed by atoms with E-state index in [9.17, 15) is 0 Å². The topological polar surface area (TPSA) is 6.48 Å². The highest BCUT2D eigenvalue weighted by molar-refractivity contribution is 7.80. The van der Waals surface area contributed by atoms with Crippen molar-refractivity contribution >= 4 is 17.3 Å². The molecule has 2 rings (SSSR count). The monoisotopic (exact) mass is 282 g/mol. The van der Waals surface area contributed by atoms with Crippen LogP contribution in [-0.4, -0.2) is 39.1 Å². The highest BCUT2D eigenvalue weighted by Gasteiger charge is 2.45. The van der Waals surface area contributed by atoms with Gasteiger partial charge in [-0.05, 0) is 58.7 Å². The number of rotatable bonds is 2. The Hall–Kier alpha value is -0.310. The zero-order chi connectivity index (χ0) is 14.2. The second kappa shape index (κ2) is 5.99. The average molecular weight is 282 g/mol. The van der Waals surface area contributed by atoms with E-state index in [4.69, 9.17) is 12.2 Å². The van der Waals surface area contributed by atoms with Gasteiger partial charge in [0, 0.05) is 12.1 Å². The Morgan fingerprint density at radius 2 is 1.47 bits per heavy atom. The van der Waals surface area contributed by atoms with Crippen molar-refractivity contribution in [2.24, 2.45) is 5.92 Å². The van der Waals surface area contributed by atoms with Gasteiger partial charge in [-0.25, -0.2) is 0 Å². The summed E-state index contributed by atoms with van der Waals surface area (Å²) in [6.07, 6.45) is 6.78. The van der Waals surface area contributed by atoms with Crippen LogP contribution in [0.15, 0.2) is 0 Å². The lowest BCUT2D eigenvalue weighted by Gasteiger charge is -2.35. The molecule has 1 saturated carbocycles. The molecule has 2 nitrogen and oxygen atoms in total. The van der Waals surface area contributed by atoms with E-state index in [1.54, 1.807) is 0 Å². The number of nitrogens with zero attached hydrogens (tertiary/aromatic N) is 2. The fourth-order valence-electron chi connectivity index (χ4n) is 3.97. The molecule has 0 aromatic rings. The Morgan fingerprint density at radius 1 is 0.947 bits per heavy atom. The Morgan fingerprint density at radius 3 is 2.05 bits per heavy atom. The first-order valence-corrected chi connectivity index (χ1v) is 8.45. The standard InChI is InChI=1S/C16H30N2S/c1-11(2)17-14-9-7-6-8-13(5)10-15(14)18(12(3)4)16(17)19/h11-15H,6-10H2,1-5H3. The van der Waals surface area contributed by atoms with Crippen LogP contribution < -0.4 is 0 Å². The molecule has 3 atom stereocenters. The van der Waals surface area contributed by atoms with E-state index in [0.29, 0.717) is 24.2 Å². The molecular weight excluding hydrogens is 252 g/mol. The third-order valence-electron chi connectivity index (χ3n) is 4.80. The summed E-state index contributed by atoms with van der Waals surface area (Å²) in [7, 11) is 0. The van der Waals surface area contributed by atoms with Gasteiger partial charge in [0.05, 0.1) is 12.1 Å². The van der Waals surface area contributed by atoms with E-state index >= 15 is 0 Å². The van der Waals surface area contributed by atoms with Crippen molar-refractivity contribution in [3.63, 3.8) is 0 Å². The first-order valence-electron chi connectivity index (χ1n) is 8.04. The lowest BCUT2D eigenvalue weighted by molar-refractivity contribution is 0.169. The highest BCUT2D eigenvalue weighted by atomic mass is 32.1. The van der Waals surface area contributed by atoms with Crippen molar-refractivity contribution in [1.29, 1.82) is 0 Å². The number of hydrogen-bond donors (Lipinski definition) is 0. The van der Waals surface area contributed by atoms with E-state index in [2.05, 4.69) is 44.4 Å². The SMILES string of the molecule is CC1CCCCC2C(C1)N(C(C)C)C(=S)N2C(C)C. The van der Waals surface area contributed by atoms with E-state index in [1.807, 2.05) is 0 Å². The van der Waals surface area contributed by atoms with Crippen LogP contribution in [0, 0.1) is 5.92 Å². The molecule has 0 spiro atoms. The summed E-state index contributed by atoms with van der Waals surface area (Å²) in [5, 5.41) is 1.11. The molecule has 2 aliphatic rings. The summed E-state index contributed by atoms with van der Waals surface area (Å²) in [6, 6.07) is 2.34. The molecule has 1 aliphatic heterocycles. The largest absolute Gasteiger partial charge is 0.342 e. The summed E-state index contributed by atoms with van der Waals surface area (Å²) in [6.45, 7) is 11.6. The fraction of sp³-hybridized carbons (Fsp3) is 0.938. The first kappa shape index (κ1) is 15.1. The molecule has 0 bridgehead atoms. The molecule has 3 heteroatoms. The van der Waals surface area contributed by atoms with Crippen molar-refractivity contribution in [1.82, 2.24) is 9.80 Å². The number of thiocarbonyl (C=S) groups is 1. The number of fused-ring (bicyclic) bond motifs is 1. The van der Waals surface area contributed by atoms with Gasteiger partial charge in [0.2, 0.25) is 0 Å². The normalized spacial score (nSPS) is 32.8. The minimum absolute atomic E-state index is 0.523. The lowest BCUT2D eigenvalue weighted by Crippen LogP contribution is -2.42. The van der Waals surface area contributed by atoms with Crippen LogP contribution in [-0.2, 0) is 0 Å². The van der Waals surface area contributed by atoms with Gasteiger partial charge in [-0.1, -0.05) is 26.2 Å². The molecule has 19 heavy (non-hydrogen) atoms. The maximum absolute atomic E-state index is 5.81. The quantitative estimate of drug-likeness (QED) is 0.706. The fourth-order valence-corrected chi connectivity index (χ4v) is 4.67. The van der Waals surface area contributed by atoms with Gasteiger partial charge in [-0.15, -0.1) is 0 Å². The molecule has 0 aromatic carbocycles. The molecule has 0 radical (unpaired) electrons. The zero-order valence-corrected chi connectivity index (χ0v) is 14.0. The summed E-state index contributed by atoms with van der Waals surface area (Å²) >= 11 is 5.81. The van der Waals surface area contributed by atoms with Gasteiger partial charge in [0.1, 0.15) is 0 Å². The van der Waals surface area contributed by atoms with E-state index in [-0.39, 0.29) is 0 Å². The first-order chi connectivity index (χ1) is 8.93. The minimum Gasteiger partial charge on any atom is -0.342 e. The third-order valence-corrected chi connectivity index (χ3v) is 5.23. The van der Waals surface area contributed by atoms with Crippen LogP contribution in [0.3, 0.4) is 0 Å². The Bertz CT molecular complexity index is 327. The second-order valence-corrected chi connectivity index (χ2v) is 7.41. The molecule has 0 aromatic heterocycles. The van der Waals surface area contributed by atoms with Crippen LogP contribution in [0.1, 0.15) is 66.7 Å². The van der Waals surface area contributed by atoms with Gasteiger partial charge < -0.3 is 9.80 Å². The summed E-state index contributed by atoms with van der Waals surface area (Å²) in [4.78, 5) is 5.06. The molecule has 0 N–H and O–H groups in total. The van der Waals surface area contributed by atoms with Gasteiger partial charge >= 0.3 is 0 Å². The molecular formula is C16H30N2S. The van der Waals surface area contributed by atoms with Crippen LogP contribution in [0.4, 0.5) is 0 Å². The predicted octanol–water partition coefficient (Wildman–Crippen LogP) is 4.04. The Balaban J connectivity index is 2.29. The number of hydrogen-bond acceptors (Lipinski definition) is 1. The molecule has 2 fully saturated rings. The van der Waals surface area contributed by atoms with Crippen molar-refractivity contribution in [2.45, 2.75) is 90.9 Å². The molecule has 1 saturated heterocycles. The van der Waals surface area contributed by atoms with Crippen molar-refractivity contribution in [3.05, 3.63) is 0 Å². The molecule has 1 heterocycles. The van der Waals surface area contributed by atoms with Crippen molar-refractivity contribution < 1.29 is 0 Å². The molecule has 1 aliphatic carbocycles. The Kier molecular flexibility index (Phi) is 4.75. The maximum Gasteiger partial charge on any atom is 0.172 e. The van der Waals surface area contributed by atoms with Gasteiger partial charge in [0.25, 0.3) is 0 Å². The summed E-state index contributed by atoms with van der Waals surface area (Å²) < 4.78 is 0. The molecule has 110 valence electrons. The average Bonchev–Trinajstić information content (AvgIpc) is 2.54. The lowest BCUT2D eigenvalue weighted by atomic mass is 9.86. The zero-order valence-electron chi connectivity index (χ0n) is 13.2.